The van der Waals surface area contributed by atoms with Gasteiger partial charge in [0.05, 0.1) is 10.8 Å². The van der Waals surface area contributed by atoms with Gasteiger partial charge in [-0.1, -0.05) is 18.2 Å². The Labute approximate surface area is 138 Å². The SMILES string of the molecule is CC(N)CCNC(=O)C1CCCN(S(=O)(=O)c2ccccc2)C1. The maximum absolute atomic E-state index is 12.6. The lowest BCUT2D eigenvalue weighted by molar-refractivity contribution is -0.126. The molecule has 1 aromatic carbocycles. The standard InChI is InChI=1S/C16H25N3O3S/c1-13(17)9-10-18-16(20)14-6-5-11-19(12-14)23(21,22)15-7-3-2-4-8-15/h2-4,7-8,13-14H,5-6,9-12,17H2,1H3,(H,18,20). The first-order valence-corrected chi connectivity index (χ1v) is 9.44. The Hall–Kier alpha value is -1.44. The maximum Gasteiger partial charge on any atom is 0.243 e. The van der Waals surface area contributed by atoms with E-state index in [-0.39, 0.29) is 29.3 Å². The van der Waals surface area contributed by atoms with Gasteiger partial charge in [-0.2, -0.15) is 4.31 Å². The molecule has 128 valence electrons. The summed E-state index contributed by atoms with van der Waals surface area (Å²) < 4.78 is 26.7. The molecule has 1 aliphatic heterocycles. The molecule has 2 unspecified atom stereocenters. The van der Waals surface area contributed by atoms with Crippen LogP contribution in [0.3, 0.4) is 0 Å². The van der Waals surface area contributed by atoms with Gasteiger partial charge in [-0.15, -0.1) is 0 Å². The quantitative estimate of drug-likeness (QED) is 0.807. The number of carbonyl (C=O) groups is 1. The van der Waals surface area contributed by atoms with Crippen molar-refractivity contribution >= 4 is 15.9 Å². The van der Waals surface area contributed by atoms with Gasteiger partial charge in [0.1, 0.15) is 0 Å². The van der Waals surface area contributed by atoms with Crippen LogP contribution in [0.25, 0.3) is 0 Å². The summed E-state index contributed by atoms with van der Waals surface area (Å²) in [6.07, 6.45) is 2.12. The minimum absolute atomic E-state index is 0.0385. The fourth-order valence-corrected chi connectivity index (χ4v) is 4.23. The Balaban J connectivity index is 1.99. The highest BCUT2D eigenvalue weighted by molar-refractivity contribution is 7.89. The smallest absolute Gasteiger partial charge is 0.243 e. The topological polar surface area (TPSA) is 92.5 Å². The van der Waals surface area contributed by atoms with Crippen LogP contribution in [0.4, 0.5) is 0 Å². The van der Waals surface area contributed by atoms with Gasteiger partial charge in [0.25, 0.3) is 0 Å². The average molecular weight is 339 g/mol. The van der Waals surface area contributed by atoms with Crippen LogP contribution in [0.1, 0.15) is 26.2 Å². The third kappa shape index (κ3) is 4.76. The van der Waals surface area contributed by atoms with Crippen molar-refractivity contribution in [3.05, 3.63) is 30.3 Å². The summed E-state index contributed by atoms with van der Waals surface area (Å²) in [6.45, 7) is 3.11. The van der Waals surface area contributed by atoms with Gasteiger partial charge in [0, 0.05) is 25.7 Å². The van der Waals surface area contributed by atoms with E-state index in [0.29, 0.717) is 32.4 Å². The zero-order chi connectivity index (χ0) is 16.9. The average Bonchev–Trinajstić information content (AvgIpc) is 2.55. The second-order valence-electron chi connectivity index (χ2n) is 6.07. The van der Waals surface area contributed by atoms with E-state index in [0.717, 1.165) is 0 Å². The third-order valence-corrected chi connectivity index (χ3v) is 5.91. The van der Waals surface area contributed by atoms with Crippen molar-refractivity contribution in [2.75, 3.05) is 19.6 Å². The molecular weight excluding hydrogens is 314 g/mol. The Kier molecular flexibility index (Phi) is 6.15. The molecular formula is C16H25N3O3S. The molecule has 1 fully saturated rings. The predicted octanol–water partition coefficient (Wildman–Crippen LogP) is 0.941. The number of piperidine rings is 1. The highest BCUT2D eigenvalue weighted by atomic mass is 32.2. The number of benzene rings is 1. The number of nitrogens with zero attached hydrogens (tertiary/aromatic N) is 1. The number of rotatable bonds is 6. The summed E-state index contributed by atoms with van der Waals surface area (Å²) in [5.41, 5.74) is 5.66. The molecule has 2 rings (SSSR count). The van der Waals surface area contributed by atoms with Gasteiger partial charge in [-0.3, -0.25) is 4.79 Å². The second kappa shape index (κ2) is 7.90. The number of carbonyl (C=O) groups excluding carboxylic acids is 1. The van der Waals surface area contributed by atoms with E-state index in [1.54, 1.807) is 30.3 Å². The fourth-order valence-electron chi connectivity index (χ4n) is 2.68. The number of amides is 1. The van der Waals surface area contributed by atoms with E-state index in [2.05, 4.69) is 5.32 Å². The number of sulfonamides is 1. The molecule has 3 N–H and O–H groups in total. The zero-order valence-corrected chi connectivity index (χ0v) is 14.3. The summed E-state index contributed by atoms with van der Waals surface area (Å²) >= 11 is 0. The molecule has 0 aromatic heterocycles. The van der Waals surface area contributed by atoms with Crippen molar-refractivity contribution in [2.24, 2.45) is 11.7 Å². The first-order valence-electron chi connectivity index (χ1n) is 7.99. The Morgan fingerprint density at radius 2 is 2.09 bits per heavy atom. The number of nitrogens with one attached hydrogen (secondary N) is 1. The lowest BCUT2D eigenvalue weighted by Gasteiger charge is -2.31. The van der Waals surface area contributed by atoms with Crippen molar-refractivity contribution in [1.29, 1.82) is 0 Å². The minimum Gasteiger partial charge on any atom is -0.356 e. The van der Waals surface area contributed by atoms with Crippen LogP contribution in [0.5, 0.6) is 0 Å². The molecule has 1 amide bonds. The Bertz CT molecular complexity index is 617. The van der Waals surface area contributed by atoms with Crippen LogP contribution in [0.2, 0.25) is 0 Å². The molecule has 7 heteroatoms. The zero-order valence-electron chi connectivity index (χ0n) is 13.4. The number of nitrogens with two attached hydrogens (primary N) is 1. The molecule has 1 saturated heterocycles. The summed E-state index contributed by atoms with van der Waals surface area (Å²) in [4.78, 5) is 12.5. The summed E-state index contributed by atoms with van der Waals surface area (Å²) in [5.74, 6) is -0.381. The molecule has 1 heterocycles. The molecule has 0 bridgehead atoms. The van der Waals surface area contributed by atoms with E-state index in [4.69, 9.17) is 5.73 Å². The van der Waals surface area contributed by atoms with E-state index >= 15 is 0 Å². The molecule has 0 spiro atoms. The lowest BCUT2D eigenvalue weighted by Crippen LogP contribution is -2.45. The van der Waals surface area contributed by atoms with Crippen molar-refractivity contribution in [1.82, 2.24) is 9.62 Å². The van der Waals surface area contributed by atoms with E-state index < -0.39 is 10.0 Å². The van der Waals surface area contributed by atoms with Gasteiger partial charge in [0.2, 0.25) is 15.9 Å². The van der Waals surface area contributed by atoms with E-state index in [9.17, 15) is 13.2 Å². The third-order valence-electron chi connectivity index (χ3n) is 4.03. The second-order valence-corrected chi connectivity index (χ2v) is 8.01. The molecule has 23 heavy (non-hydrogen) atoms. The van der Waals surface area contributed by atoms with Gasteiger partial charge >= 0.3 is 0 Å². The Morgan fingerprint density at radius 1 is 1.39 bits per heavy atom. The van der Waals surface area contributed by atoms with Crippen LogP contribution in [-0.4, -0.2) is 44.3 Å². The normalized spacial score (nSPS) is 20.9. The summed E-state index contributed by atoms with van der Waals surface area (Å²) in [6, 6.07) is 8.40. The molecule has 0 radical (unpaired) electrons. The van der Waals surface area contributed by atoms with Crippen molar-refractivity contribution in [3.63, 3.8) is 0 Å². The molecule has 2 atom stereocenters. The van der Waals surface area contributed by atoms with Crippen molar-refractivity contribution in [2.45, 2.75) is 37.1 Å². The van der Waals surface area contributed by atoms with Crippen molar-refractivity contribution in [3.8, 4) is 0 Å². The number of hydrogen-bond acceptors (Lipinski definition) is 4. The molecule has 1 aliphatic rings. The van der Waals surface area contributed by atoms with E-state index in [1.807, 2.05) is 6.92 Å². The van der Waals surface area contributed by atoms with Crippen molar-refractivity contribution < 1.29 is 13.2 Å². The number of hydrogen-bond donors (Lipinski definition) is 2. The molecule has 6 nitrogen and oxygen atoms in total. The summed E-state index contributed by atoms with van der Waals surface area (Å²) in [7, 11) is -3.53. The molecule has 1 aromatic rings. The largest absolute Gasteiger partial charge is 0.356 e. The Morgan fingerprint density at radius 3 is 2.74 bits per heavy atom. The fraction of sp³-hybridized carbons (Fsp3) is 0.562. The maximum atomic E-state index is 12.6. The van der Waals surface area contributed by atoms with Crippen LogP contribution in [-0.2, 0) is 14.8 Å². The highest BCUT2D eigenvalue weighted by Gasteiger charge is 2.33. The first kappa shape index (κ1) is 17.9. The van der Waals surface area contributed by atoms with E-state index in [1.165, 1.54) is 4.31 Å². The monoisotopic (exact) mass is 339 g/mol. The summed E-state index contributed by atoms with van der Waals surface area (Å²) in [5, 5.41) is 2.86. The molecule has 0 aliphatic carbocycles. The van der Waals surface area contributed by atoms with Crippen LogP contribution in [0, 0.1) is 5.92 Å². The molecule has 0 saturated carbocycles. The first-order chi connectivity index (χ1) is 10.9. The van der Waals surface area contributed by atoms with Gasteiger partial charge in [-0.25, -0.2) is 8.42 Å². The minimum atomic E-state index is -3.53. The van der Waals surface area contributed by atoms with Gasteiger partial charge in [-0.05, 0) is 38.3 Å². The van der Waals surface area contributed by atoms with Crippen LogP contribution in [0.15, 0.2) is 35.2 Å². The highest BCUT2D eigenvalue weighted by Crippen LogP contribution is 2.23. The van der Waals surface area contributed by atoms with Gasteiger partial charge < -0.3 is 11.1 Å². The van der Waals surface area contributed by atoms with Gasteiger partial charge in [0.15, 0.2) is 0 Å². The lowest BCUT2D eigenvalue weighted by atomic mass is 9.99. The van der Waals surface area contributed by atoms with Crippen LogP contribution >= 0.6 is 0 Å². The predicted molar refractivity (Wildman–Crippen MR) is 89.2 cm³/mol. The van der Waals surface area contributed by atoms with Crippen LogP contribution < -0.4 is 11.1 Å².